The molecular weight excluding hydrogens is 289 g/mol. The van der Waals surface area contributed by atoms with Gasteiger partial charge >= 0.3 is 5.97 Å². The topological polar surface area (TPSA) is 55.8 Å². The molecule has 0 N–H and O–H groups in total. The van der Waals surface area contributed by atoms with Gasteiger partial charge in [0.15, 0.2) is 6.61 Å². The first-order valence-electron chi connectivity index (χ1n) is 6.62. The summed E-state index contributed by atoms with van der Waals surface area (Å²) in [6.45, 7) is -0.364. The Morgan fingerprint density at radius 1 is 1.18 bits per heavy atom. The highest BCUT2D eigenvalue weighted by Gasteiger charge is 2.27. The number of esters is 1. The van der Waals surface area contributed by atoms with E-state index in [0.29, 0.717) is 11.4 Å². The third-order valence-corrected chi connectivity index (χ3v) is 3.14. The van der Waals surface area contributed by atoms with E-state index < -0.39 is 11.8 Å². The fraction of sp³-hybridized carbons (Fsp3) is 0.125. The molecule has 0 spiro atoms. The van der Waals surface area contributed by atoms with Crippen molar-refractivity contribution in [3.8, 4) is 11.5 Å². The number of benzene rings is 2. The van der Waals surface area contributed by atoms with E-state index in [1.807, 2.05) is 0 Å². The van der Waals surface area contributed by atoms with Gasteiger partial charge in [0.2, 0.25) is 0 Å². The Morgan fingerprint density at radius 2 is 1.91 bits per heavy atom. The third kappa shape index (κ3) is 2.90. The van der Waals surface area contributed by atoms with E-state index in [0.717, 1.165) is 0 Å². The van der Waals surface area contributed by atoms with Crippen LogP contribution in [0.5, 0.6) is 11.5 Å². The normalized spacial score (nSPS) is 13.3. The first-order chi connectivity index (χ1) is 10.6. The van der Waals surface area contributed by atoms with Crippen LogP contribution in [0, 0.1) is 5.82 Å². The highest BCUT2D eigenvalue weighted by molar-refractivity contribution is 6.01. The Bertz CT molecular complexity index is 714. The van der Waals surface area contributed by atoms with E-state index in [1.54, 1.807) is 24.3 Å². The van der Waals surface area contributed by atoms with Gasteiger partial charge in [-0.25, -0.2) is 9.18 Å². The zero-order chi connectivity index (χ0) is 15.5. The zero-order valence-corrected chi connectivity index (χ0v) is 11.5. The molecule has 1 aliphatic rings. The quantitative estimate of drug-likeness (QED) is 0.644. The lowest BCUT2D eigenvalue weighted by molar-refractivity contribution is -0.134. The second-order valence-electron chi connectivity index (χ2n) is 4.66. The van der Waals surface area contributed by atoms with Crippen LogP contribution >= 0.6 is 0 Å². The van der Waals surface area contributed by atoms with Crippen LogP contribution in [0.3, 0.4) is 0 Å². The van der Waals surface area contributed by atoms with Gasteiger partial charge in [0.25, 0.3) is 5.91 Å². The van der Waals surface area contributed by atoms with Crippen molar-refractivity contribution in [3.05, 3.63) is 54.3 Å². The Kier molecular flexibility index (Phi) is 3.74. The molecule has 6 heteroatoms. The molecule has 0 aliphatic carbocycles. The molecule has 0 saturated heterocycles. The molecule has 0 unspecified atom stereocenters. The van der Waals surface area contributed by atoms with Crippen molar-refractivity contribution in [2.75, 3.05) is 18.1 Å². The number of anilines is 1. The Balaban J connectivity index is 1.73. The van der Waals surface area contributed by atoms with Crippen LogP contribution in [-0.2, 0) is 9.59 Å². The van der Waals surface area contributed by atoms with Gasteiger partial charge in [0.1, 0.15) is 23.9 Å². The molecule has 0 radical (unpaired) electrons. The van der Waals surface area contributed by atoms with E-state index >= 15 is 0 Å². The van der Waals surface area contributed by atoms with Crippen LogP contribution in [0.1, 0.15) is 0 Å². The lowest BCUT2D eigenvalue weighted by Crippen LogP contribution is -2.43. The number of carbonyl (C=O) groups is 2. The van der Waals surface area contributed by atoms with E-state index in [2.05, 4.69) is 0 Å². The van der Waals surface area contributed by atoms with Crippen LogP contribution in [0.4, 0.5) is 10.1 Å². The average molecular weight is 301 g/mol. The Morgan fingerprint density at radius 3 is 2.68 bits per heavy atom. The molecule has 5 nitrogen and oxygen atoms in total. The van der Waals surface area contributed by atoms with Crippen molar-refractivity contribution in [3.63, 3.8) is 0 Å². The van der Waals surface area contributed by atoms with Crippen molar-refractivity contribution < 1.29 is 23.5 Å². The number of carbonyl (C=O) groups excluding carboxylic acids is 2. The number of halogens is 1. The summed E-state index contributed by atoms with van der Waals surface area (Å²) in [6, 6.07) is 12.0. The molecule has 1 amide bonds. The molecule has 0 bridgehead atoms. The predicted octanol–water partition coefficient (Wildman–Crippen LogP) is 2.16. The number of rotatable bonds is 3. The van der Waals surface area contributed by atoms with Crippen LogP contribution in [0.15, 0.2) is 48.5 Å². The van der Waals surface area contributed by atoms with Crippen molar-refractivity contribution in [2.24, 2.45) is 0 Å². The molecule has 22 heavy (non-hydrogen) atoms. The van der Waals surface area contributed by atoms with Gasteiger partial charge in [-0.3, -0.25) is 9.69 Å². The summed E-state index contributed by atoms with van der Waals surface area (Å²) < 4.78 is 23.2. The molecule has 112 valence electrons. The van der Waals surface area contributed by atoms with Crippen molar-refractivity contribution in [1.29, 1.82) is 0 Å². The van der Waals surface area contributed by atoms with Crippen molar-refractivity contribution in [2.45, 2.75) is 0 Å². The first kappa shape index (κ1) is 14.1. The van der Waals surface area contributed by atoms with E-state index in [-0.39, 0.29) is 24.8 Å². The van der Waals surface area contributed by atoms with Gasteiger partial charge in [0.05, 0.1) is 5.69 Å². The smallest absolute Gasteiger partial charge is 0.331 e. The maximum Gasteiger partial charge on any atom is 0.331 e. The molecular formula is C16H12FNO4. The minimum absolute atomic E-state index is 0.124. The number of fused-ring (bicyclic) bond motifs is 1. The van der Waals surface area contributed by atoms with Crippen molar-refractivity contribution >= 4 is 17.6 Å². The van der Waals surface area contributed by atoms with Gasteiger partial charge in [0, 0.05) is 0 Å². The van der Waals surface area contributed by atoms with Crippen LogP contribution in [0.25, 0.3) is 0 Å². The van der Waals surface area contributed by atoms with Crippen LogP contribution < -0.4 is 14.4 Å². The average Bonchev–Trinajstić information content (AvgIpc) is 2.52. The first-order valence-corrected chi connectivity index (χ1v) is 6.62. The second-order valence-corrected chi connectivity index (χ2v) is 4.66. The molecule has 1 aliphatic heterocycles. The molecule has 0 atom stereocenters. The van der Waals surface area contributed by atoms with Crippen molar-refractivity contribution in [1.82, 2.24) is 0 Å². The predicted molar refractivity (Wildman–Crippen MR) is 76.3 cm³/mol. The largest absolute Gasteiger partial charge is 0.482 e. The molecule has 2 aromatic rings. The van der Waals surface area contributed by atoms with Gasteiger partial charge in [-0.1, -0.05) is 12.1 Å². The summed E-state index contributed by atoms with van der Waals surface area (Å²) in [4.78, 5) is 25.2. The Hall–Kier alpha value is -2.89. The second kappa shape index (κ2) is 5.85. The molecule has 0 fully saturated rings. The molecule has 0 aromatic heterocycles. The fourth-order valence-electron chi connectivity index (χ4n) is 2.12. The van der Waals surface area contributed by atoms with Crippen LogP contribution in [0.2, 0.25) is 0 Å². The van der Waals surface area contributed by atoms with Gasteiger partial charge in [-0.15, -0.1) is 0 Å². The number of amides is 1. The van der Waals surface area contributed by atoms with Gasteiger partial charge in [-0.2, -0.15) is 0 Å². The number of hydrogen-bond donors (Lipinski definition) is 0. The number of para-hydroxylation sites is 2. The highest BCUT2D eigenvalue weighted by atomic mass is 19.1. The number of hydrogen-bond acceptors (Lipinski definition) is 4. The SMILES string of the molecule is O=C(CN1C(=O)COc2ccccc21)Oc1ccc(F)cc1. The monoisotopic (exact) mass is 301 g/mol. The zero-order valence-electron chi connectivity index (χ0n) is 11.5. The third-order valence-electron chi connectivity index (χ3n) is 3.14. The summed E-state index contributed by atoms with van der Waals surface area (Å²) >= 11 is 0. The van der Waals surface area contributed by atoms with E-state index in [4.69, 9.17) is 9.47 Å². The molecule has 0 saturated carbocycles. The highest BCUT2D eigenvalue weighted by Crippen LogP contribution is 2.31. The number of ether oxygens (including phenoxy) is 2. The number of nitrogens with zero attached hydrogens (tertiary/aromatic N) is 1. The minimum Gasteiger partial charge on any atom is -0.482 e. The van der Waals surface area contributed by atoms with Crippen LogP contribution in [-0.4, -0.2) is 25.0 Å². The summed E-state index contributed by atoms with van der Waals surface area (Å²) in [6.07, 6.45) is 0. The lowest BCUT2D eigenvalue weighted by Gasteiger charge is -2.28. The summed E-state index contributed by atoms with van der Waals surface area (Å²) in [7, 11) is 0. The summed E-state index contributed by atoms with van der Waals surface area (Å²) in [5, 5.41) is 0. The standard InChI is InChI=1S/C16H12FNO4/c17-11-5-7-12(8-6-11)22-16(20)9-18-13-3-1-2-4-14(13)21-10-15(18)19/h1-8H,9-10H2. The maximum atomic E-state index is 12.8. The summed E-state index contributed by atoms with van der Waals surface area (Å²) in [5.74, 6) is -0.597. The molecule has 1 heterocycles. The fourth-order valence-corrected chi connectivity index (χ4v) is 2.12. The van der Waals surface area contributed by atoms with E-state index in [1.165, 1.54) is 29.2 Å². The maximum absolute atomic E-state index is 12.8. The van der Waals surface area contributed by atoms with E-state index in [9.17, 15) is 14.0 Å². The molecule has 2 aromatic carbocycles. The van der Waals surface area contributed by atoms with Gasteiger partial charge < -0.3 is 9.47 Å². The molecule has 3 rings (SSSR count). The Labute approximate surface area is 125 Å². The van der Waals surface area contributed by atoms with Gasteiger partial charge in [-0.05, 0) is 36.4 Å². The minimum atomic E-state index is -0.614. The summed E-state index contributed by atoms with van der Waals surface area (Å²) in [5.41, 5.74) is 0.523. The lowest BCUT2D eigenvalue weighted by atomic mass is 10.2.